The fourth-order valence-corrected chi connectivity index (χ4v) is 3.52. The van der Waals surface area contributed by atoms with E-state index in [-0.39, 0.29) is 11.6 Å². The van der Waals surface area contributed by atoms with Crippen LogP contribution in [0, 0.1) is 24.0 Å². The lowest BCUT2D eigenvalue weighted by Crippen LogP contribution is -2.21. The van der Waals surface area contributed by atoms with Gasteiger partial charge in [0.1, 0.15) is 11.5 Å². The number of nitro groups is 1. The SMILES string of the molecule is CC1=NN(c2cccc(Cl)c2)C(=O)C1=Cc1ccc(-c2cc(C)c(C)cc2[N+](=O)[O-])o1. The highest BCUT2D eigenvalue weighted by atomic mass is 35.5. The van der Waals surface area contributed by atoms with Crippen molar-refractivity contribution in [1.82, 2.24) is 0 Å². The number of nitrogens with zero attached hydrogens (tertiary/aromatic N) is 3. The minimum absolute atomic E-state index is 0.0292. The van der Waals surface area contributed by atoms with Crippen molar-refractivity contribution in [2.75, 3.05) is 5.01 Å². The molecule has 0 atom stereocenters. The molecule has 0 aliphatic carbocycles. The van der Waals surface area contributed by atoms with Gasteiger partial charge in [0.2, 0.25) is 0 Å². The van der Waals surface area contributed by atoms with E-state index in [2.05, 4.69) is 5.10 Å². The molecule has 1 aliphatic rings. The van der Waals surface area contributed by atoms with Crippen molar-refractivity contribution >= 4 is 40.7 Å². The van der Waals surface area contributed by atoms with Gasteiger partial charge in [-0.15, -0.1) is 0 Å². The summed E-state index contributed by atoms with van der Waals surface area (Å²) in [5.74, 6) is 0.441. The molecular weight excluding hydrogens is 418 g/mol. The lowest BCUT2D eigenvalue weighted by Gasteiger charge is -2.11. The van der Waals surface area contributed by atoms with Crippen molar-refractivity contribution in [3.63, 3.8) is 0 Å². The number of amides is 1. The summed E-state index contributed by atoms with van der Waals surface area (Å²) in [7, 11) is 0. The molecule has 1 aromatic heterocycles. The molecule has 0 fully saturated rings. The molecule has 31 heavy (non-hydrogen) atoms. The van der Waals surface area contributed by atoms with E-state index < -0.39 is 4.92 Å². The predicted molar refractivity (Wildman–Crippen MR) is 120 cm³/mol. The van der Waals surface area contributed by atoms with Gasteiger partial charge in [-0.25, -0.2) is 0 Å². The minimum atomic E-state index is -0.428. The van der Waals surface area contributed by atoms with Gasteiger partial charge >= 0.3 is 0 Å². The fourth-order valence-electron chi connectivity index (χ4n) is 3.33. The summed E-state index contributed by atoms with van der Waals surface area (Å²) < 4.78 is 5.85. The number of hydrogen-bond donors (Lipinski definition) is 0. The van der Waals surface area contributed by atoms with Crippen molar-refractivity contribution in [3.05, 3.63) is 86.1 Å². The van der Waals surface area contributed by atoms with E-state index in [0.29, 0.717) is 39.1 Å². The summed E-state index contributed by atoms with van der Waals surface area (Å²) in [4.78, 5) is 24.0. The van der Waals surface area contributed by atoms with Crippen molar-refractivity contribution in [2.45, 2.75) is 20.8 Å². The highest BCUT2D eigenvalue weighted by Crippen LogP contribution is 2.34. The number of furan rings is 1. The topological polar surface area (TPSA) is 89.0 Å². The molecule has 0 saturated carbocycles. The van der Waals surface area contributed by atoms with E-state index in [1.54, 1.807) is 55.5 Å². The van der Waals surface area contributed by atoms with Crippen molar-refractivity contribution in [3.8, 4) is 11.3 Å². The Morgan fingerprint density at radius 1 is 1.10 bits per heavy atom. The molecule has 0 N–H and O–H groups in total. The molecule has 0 radical (unpaired) electrons. The van der Waals surface area contributed by atoms with Crippen LogP contribution >= 0.6 is 11.6 Å². The molecule has 8 heteroatoms. The molecule has 0 unspecified atom stereocenters. The third-order valence-corrected chi connectivity index (χ3v) is 5.34. The van der Waals surface area contributed by atoms with Gasteiger partial charge in [0.15, 0.2) is 0 Å². The van der Waals surface area contributed by atoms with Crippen LogP contribution in [0.2, 0.25) is 5.02 Å². The highest BCUT2D eigenvalue weighted by Gasteiger charge is 2.29. The molecule has 4 rings (SSSR count). The number of hydrogen-bond acceptors (Lipinski definition) is 5. The van der Waals surface area contributed by atoms with Crippen LogP contribution in [0.3, 0.4) is 0 Å². The van der Waals surface area contributed by atoms with Gasteiger partial charge in [-0.05, 0) is 74.4 Å². The average molecular weight is 436 g/mol. The Morgan fingerprint density at radius 3 is 2.55 bits per heavy atom. The molecule has 0 spiro atoms. The number of carbonyl (C=O) groups excluding carboxylic acids is 1. The first-order chi connectivity index (χ1) is 14.7. The first kappa shape index (κ1) is 20.6. The Bertz CT molecular complexity index is 1290. The molecule has 0 saturated heterocycles. The summed E-state index contributed by atoms with van der Waals surface area (Å²) in [6, 6.07) is 13.5. The Hall–Kier alpha value is -3.71. The molecule has 1 amide bonds. The predicted octanol–water partition coefficient (Wildman–Crippen LogP) is 5.93. The van der Waals surface area contributed by atoms with Crippen LogP contribution in [-0.4, -0.2) is 16.5 Å². The van der Waals surface area contributed by atoms with Crippen LogP contribution in [0.25, 0.3) is 17.4 Å². The van der Waals surface area contributed by atoms with Crippen molar-refractivity contribution < 1.29 is 14.1 Å². The van der Waals surface area contributed by atoms with Gasteiger partial charge in [0.25, 0.3) is 11.6 Å². The van der Waals surface area contributed by atoms with Gasteiger partial charge in [-0.1, -0.05) is 17.7 Å². The van der Waals surface area contributed by atoms with Crippen LogP contribution in [0.4, 0.5) is 11.4 Å². The van der Waals surface area contributed by atoms with Gasteiger partial charge < -0.3 is 4.42 Å². The van der Waals surface area contributed by atoms with Crippen LogP contribution in [0.15, 0.2) is 63.6 Å². The van der Waals surface area contributed by atoms with E-state index in [9.17, 15) is 14.9 Å². The van der Waals surface area contributed by atoms with Gasteiger partial charge in [-0.2, -0.15) is 10.1 Å². The van der Waals surface area contributed by atoms with E-state index >= 15 is 0 Å². The Morgan fingerprint density at radius 2 is 1.84 bits per heavy atom. The lowest BCUT2D eigenvalue weighted by atomic mass is 10.0. The molecule has 1 aliphatic heterocycles. The van der Waals surface area contributed by atoms with Crippen molar-refractivity contribution in [1.29, 1.82) is 0 Å². The van der Waals surface area contributed by atoms with Crippen molar-refractivity contribution in [2.24, 2.45) is 5.10 Å². The number of benzene rings is 2. The Balaban J connectivity index is 1.68. The largest absolute Gasteiger partial charge is 0.456 e. The zero-order chi connectivity index (χ0) is 22.3. The monoisotopic (exact) mass is 435 g/mol. The molecule has 7 nitrogen and oxygen atoms in total. The van der Waals surface area contributed by atoms with Crippen LogP contribution in [-0.2, 0) is 4.79 Å². The molecule has 0 bridgehead atoms. The van der Waals surface area contributed by atoms with E-state index in [1.807, 2.05) is 13.8 Å². The third-order valence-electron chi connectivity index (χ3n) is 5.10. The molecule has 2 aromatic carbocycles. The summed E-state index contributed by atoms with van der Waals surface area (Å²) >= 11 is 6.03. The average Bonchev–Trinajstić information content (AvgIpc) is 3.30. The molecule has 156 valence electrons. The molecule has 2 heterocycles. The van der Waals surface area contributed by atoms with Gasteiger partial charge in [0.05, 0.1) is 27.5 Å². The second-order valence-corrected chi connectivity index (χ2v) is 7.69. The summed E-state index contributed by atoms with van der Waals surface area (Å²) in [6.45, 7) is 5.44. The summed E-state index contributed by atoms with van der Waals surface area (Å²) in [5.41, 5.74) is 3.57. The second-order valence-electron chi connectivity index (χ2n) is 7.25. The second kappa shape index (κ2) is 7.85. The van der Waals surface area contributed by atoms with E-state index in [4.69, 9.17) is 16.0 Å². The maximum atomic E-state index is 12.9. The number of nitro benzene ring substituents is 1. The fraction of sp³-hybridized carbons (Fsp3) is 0.130. The number of rotatable bonds is 4. The molecule has 3 aromatic rings. The zero-order valence-corrected chi connectivity index (χ0v) is 17.8. The van der Waals surface area contributed by atoms with Gasteiger partial charge in [0, 0.05) is 11.1 Å². The summed E-state index contributed by atoms with van der Waals surface area (Å²) in [6.07, 6.45) is 1.59. The first-order valence-corrected chi connectivity index (χ1v) is 9.85. The maximum absolute atomic E-state index is 12.9. The normalized spacial score (nSPS) is 15.0. The number of carbonyl (C=O) groups is 1. The summed E-state index contributed by atoms with van der Waals surface area (Å²) in [5, 5.41) is 17.6. The van der Waals surface area contributed by atoms with Crippen LogP contribution in [0.1, 0.15) is 23.8 Å². The first-order valence-electron chi connectivity index (χ1n) is 9.48. The van der Waals surface area contributed by atoms with E-state index in [1.165, 1.54) is 11.1 Å². The van der Waals surface area contributed by atoms with Gasteiger partial charge in [-0.3, -0.25) is 14.9 Å². The number of hydrazone groups is 1. The number of halogens is 1. The third kappa shape index (κ3) is 3.87. The number of anilines is 1. The maximum Gasteiger partial charge on any atom is 0.280 e. The Labute approximate surface area is 183 Å². The molecular formula is C23H18ClN3O4. The van der Waals surface area contributed by atoms with E-state index in [0.717, 1.165) is 11.1 Å². The lowest BCUT2D eigenvalue weighted by molar-refractivity contribution is -0.384. The van der Waals surface area contributed by atoms with Crippen LogP contribution in [0.5, 0.6) is 0 Å². The standard InChI is InChI=1S/C23H18ClN3O4/c1-13-9-20(21(27(29)30)10-14(13)2)22-8-7-18(31-22)12-19-15(3)25-26(23(19)28)17-6-4-5-16(24)11-17/h4-12H,1-3H3. The van der Waals surface area contributed by atoms with Crippen LogP contribution < -0.4 is 5.01 Å². The highest BCUT2D eigenvalue weighted by molar-refractivity contribution is 6.33. The number of aryl methyl sites for hydroxylation is 2. The minimum Gasteiger partial charge on any atom is -0.456 e. The quantitative estimate of drug-likeness (QED) is 0.288. The Kier molecular flexibility index (Phi) is 5.20. The smallest absolute Gasteiger partial charge is 0.280 e. The zero-order valence-electron chi connectivity index (χ0n) is 17.0.